The maximum absolute atomic E-state index is 13.1. The Balaban J connectivity index is 2.14. The zero-order valence-electron chi connectivity index (χ0n) is 13.9. The molecule has 0 aromatic heterocycles. The number of carbonyl (C=O) groups excluding carboxylic acids is 1. The molecule has 0 heterocycles. The van der Waals surface area contributed by atoms with E-state index in [1.165, 1.54) is 12.1 Å². The Morgan fingerprint density at radius 3 is 2.42 bits per heavy atom. The van der Waals surface area contributed by atoms with Crippen LogP contribution >= 0.6 is 11.6 Å². The molecule has 5 heteroatoms. The molecule has 1 atom stereocenters. The second kappa shape index (κ2) is 8.81. The normalized spacial score (nSPS) is 12.2. The molecule has 3 nitrogen and oxygen atoms in total. The van der Waals surface area contributed by atoms with Crippen LogP contribution in [0.3, 0.4) is 0 Å². The molecule has 128 valence electrons. The maximum Gasteiger partial charge on any atom is 0.252 e. The third-order valence-corrected chi connectivity index (χ3v) is 4.38. The first-order chi connectivity index (χ1) is 11.6. The minimum atomic E-state index is -0.457. The summed E-state index contributed by atoms with van der Waals surface area (Å²) in [6.07, 6.45) is 0. The van der Waals surface area contributed by atoms with Gasteiger partial charge in [0.15, 0.2) is 0 Å². The summed E-state index contributed by atoms with van der Waals surface area (Å²) in [6.45, 7) is 6.40. The smallest absolute Gasteiger partial charge is 0.252 e. The van der Waals surface area contributed by atoms with Gasteiger partial charge in [0, 0.05) is 6.54 Å². The molecule has 0 bridgehead atoms. The largest absolute Gasteiger partial charge is 0.350 e. The van der Waals surface area contributed by atoms with Crippen molar-refractivity contribution >= 4 is 17.5 Å². The highest BCUT2D eigenvalue weighted by atomic mass is 35.5. The molecule has 1 N–H and O–H groups in total. The van der Waals surface area contributed by atoms with Crippen LogP contribution < -0.4 is 5.32 Å². The van der Waals surface area contributed by atoms with E-state index in [0.717, 1.165) is 24.7 Å². The van der Waals surface area contributed by atoms with Gasteiger partial charge in [0.05, 0.1) is 16.6 Å². The lowest BCUT2D eigenvalue weighted by Crippen LogP contribution is -2.38. The third-order valence-electron chi connectivity index (χ3n) is 4.07. The number of rotatable bonds is 7. The highest BCUT2D eigenvalue weighted by Crippen LogP contribution is 2.21. The number of hydrogen-bond donors (Lipinski definition) is 1. The molecule has 2 rings (SSSR count). The van der Waals surface area contributed by atoms with Gasteiger partial charge >= 0.3 is 0 Å². The predicted molar refractivity (Wildman–Crippen MR) is 95.8 cm³/mol. The molecule has 0 radical (unpaired) electrons. The van der Waals surface area contributed by atoms with E-state index in [4.69, 9.17) is 11.6 Å². The second-order valence-electron chi connectivity index (χ2n) is 5.48. The summed E-state index contributed by atoms with van der Waals surface area (Å²) < 4.78 is 13.1. The number of halogens is 2. The lowest BCUT2D eigenvalue weighted by Gasteiger charge is -2.30. The van der Waals surface area contributed by atoms with E-state index in [1.54, 1.807) is 0 Å². The fraction of sp³-hybridized carbons (Fsp3) is 0.316. The van der Waals surface area contributed by atoms with Gasteiger partial charge in [-0.1, -0.05) is 55.8 Å². The summed E-state index contributed by atoms with van der Waals surface area (Å²) in [7, 11) is 0. The van der Waals surface area contributed by atoms with Crippen molar-refractivity contribution in [2.75, 3.05) is 19.6 Å². The van der Waals surface area contributed by atoms with Crippen LogP contribution in [0.5, 0.6) is 0 Å². The number of nitrogens with one attached hydrogen (secondary N) is 1. The minimum Gasteiger partial charge on any atom is -0.350 e. The first-order valence-electron chi connectivity index (χ1n) is 8.09. The molecule has 2 aromatic rings. The molecular weight excluding hydrogens is 327 g/mol. The van der Waals surface area contributed by atoms with Gasteiger partial charge in [-0.05, 0) is 36.9 Å². The van der Waals surface area contributed by atoms with E-state index in [0.29, 0.717) is 6.54 Å². The summed E-state index contributed by atoms with van der Waals surface area (Å²) in [5.74, 6) is -0.755. The van der Waals surface area contributed by atoms with Crippen LogP contribution in [0, 0.1) is 5.82 Å². The molecule has 0 saturated carbocycles. The summed E-state index contributed by atoms with van der Waals surface area (Å²) in [5.41, 5.74) is 1.43. The molecule has 0 aliphatic heterocycles. The Bertz CT molecular complexity index is 674. The fourth-order valence-corrected chi connectivity index (χ4v) is 3.01. The maximum atomic E-state index is 13.1. The third kappa shape index (κ3) is 4.56. The van der Waals surface area contributed by atoms with Crippen LogP contribution in [0.4, 0.5) is 4.39 Å². The van der Waals surface area contributed by atoms with Crippen molar-refractivity contribution in [2.24, 2.45) is 0 Å². The van der Waals surface area contributed by atoms with Gasteiger partial charge in [-0.2, -0.15) is 0 Å². The van der Waals surface area contributed by atoms with Crippen molar-refractivity contribution in [2.45, 2.75) is 19.9 Å². The topological polar surface area (TPSA) is 32.3 Å². The fourth-order valence-electron chi connectivity index (χ4n) is 2.76. The van der Waals surface area contributed by atoms with Gasteiger partial charge < -0.3 is 5.32 Å². The average molecular weight is 349 g/mol. The first-order valence-corrected chi connectivity index (χ1v) is 8.46. The molecule has 1 amide bonds. The number of likely N-dealkylation sites (N-methyl/N-ethyl adjacent to an activating group) is 1. The van der Waals surface area contributed by atoms with E-state index < -0.39 is 5.82 Å². The summed E-state index contributed by atoms with van der Waals surface area (Å²) >= 11 is 5.96. The summed E-state index contributed by atoms with van der Waals surface area (Å²) in [6, 6.07) is 13.9. The number of hydrogen-bond acceptors (Lipinski definition) is 2. The molecule has 1 unspecified atom stereocenters. The Morgan fingerprint density at radius 1 is 1.17 bits per heavy atom. The van der Waals surface area contributed by atoms with Gasteiger partial charge in [0.25, 0.3) is 5.91 Å². The average Bonchev–Trinajstić information content (AvgIpc) is 2.59. The molecule has 0 aliphatic carbocycles. The Morgan fingerprint density at radius 2 is 1.83 bits per heavy atom. The second-order valence-corrected chi connectivity index (χ2v) is 5.89. The number of amides is 1. The number of nitrogens with zero attached hydrogens (tertiary/aromatic N) is 1. The Hall–Kier alpha value is -1.91. The summed E-state index contributed by atoms with van der Waals surface area (Å²) in [5, 5.41) is 3.04. The van der Waals surface area contributed by atoms with E-state index in [-0.39, 0.29) is 22.5 Å². The molecule has 2 aromatic carbocycles. The van der Waals surface area contributed by atoms with Crippen molar-refractivity contribution in [3.63, 3.8) is 0 Å². The number of benzene rings is 2. The van der Waals surface area contributed by atoms with Crippen LogP contribution in [0.25, 0.3) is 0 Å². The predicted octanol–water partition coefficient (Wildman–Crippen LogP) is 4.29. The van der Waals surface area contributed by atoms with Crippen LogP contribution in [0.2, 0.25) is 5.02 Å². The van der Waals surface area contributed by atoms with Crippen LogP contribution in [-0.2, 0) is 0 Å². The van der Waals surface area contributed by atoms with Gasteiger partial charge in [0.2, 0.25) is 0 Å². The lowest BCUT2D eigenvalue weighted by molar-refractivity contribution is 0.0935. The Labute approximate surface area is 147 Å². The standard InChI is InChI=1S/C19H22ClFN2O/c1-3-23(4-2)18(14-8-6-5-7-9-14)13-22-19(24)16-11-10-15(21)12-17(16)20/h5-12,18H,3-4,13H2,1-2H3,(H,22,24). The first kappa shape index (κ1) is 18.4. The van der Waals surface area contributed by atoms with Crippen molar-refractivity contribution < 1.29 is 9.18 Å². The highest BCUT2D eigenvalue weighted by Gasteiger charge is 2.19. The van der Waals surface area contributed by atoms with Gasteiger partial charge in [-0.3, -0.25) is 9.69 Å². The molecule has 0 saturated heterocycles. The van der Waals surface area contributed by atoms with E-state index >= 15 is 0 Å². The van der Waals surface area contributed by atoms with Crippen molar-refractivity contribution in [3.05, 3.63) is 70.5 Å². The molecule has 0 aliphatic rings. The molecule has 24 heavy (non-hydrogen) atoms. The minimum absolute atomic E-state index is 0.0735. The van der Waals surface area contributed by atoms with Gasteiger partial charge in [-0.15, -0.1) is 0 Å². The Kier molecular flexibility index (Phi) is 6.76. The molecule has 0 fully saturated rings. The summed E-state index contributed by atoms with van der Waals surface area (Å²) in [4.78, 5) is 14.7. The van der Waals surface area contributed by atoms with Gasteiger partial charge in [-0.25, -0.2) is 4.39 Å². The zero-order chi connectivity index (χ0) is 17.5. The van der Waals surface area contributed by atoms with Crippen LogP contribution in [0.1, 0.15) is 35.8 Å². The van der Waals surface area contributed by atoms with E-state index in [1.807, 2.05) is 18.2 Å². The van der Waals surface area contributed by atoms with Crippen molar-refractivity contribution in [1.29, 1.82) is 0 Å². The quantitative estimate of drug-likeness (QED) is 0.809. The van der Waals surface area contributed by atoms with E-state index in [2.05, 4.69) is 36.2 Å². The lowest BCUT2D eigenvalue weighted by atomic mass is 10.0. The SMILES string of the molecule is CCN(CC)C(CNC(=O)c1ccc(F)cc1Cl)c1ccccc1. The van der Waals surface area contributed by atoms with Crippen LogP contribution in [-0.4, -0.2) is 30.4 Å². The van der Waals surface area contributed by atoms with Crippen molar-refractivity contribution in [1.82, 2.24) is 10.2 Å². The number of carbonyl (C=O) groups is 1. The highest BCUT2D eigenvalue weighted by molar-refractivity contribution is 6.33. The molecular formula is C19H22ClFN2O. The van der Waals surface area contributed by atoms with Crippen LogP contribution in [0.15, 0.2) is 48.5 Å². The van der Waals surface area contributed by atoms with Gasteiger partial charge in [0.1, 0.15) is 5.82 Å². The monoisotopic (exact) mass is 348 g/mol. The van der Waals surface area contributed by atoms with E-state index in [9.17, 15) is 9.18 Å². The molecule has 0 spiro atoms. The zero-order valence-corrected chi connectivity index (χ0v) is 14.7. The van der Waals surface area contributed by atoms with Crippen molar-refractivity contribution in [3.8, 4) is 0 Å².